The van der Waals surface area contributed by atoms with Gasteiger partial charge in [0.1, 0.15) is 11.5 Å². The number of likely N-dealkylation sites (tertiary alicyclic amines) is 1. The van der Waals surface area contributed by atoms with E-state index in [-0.39, 0.29) is 23.6 Å². The van der Waals surface area contributed by atoms with Crippen molar-refractivity contribution in [2.24, 2.45) is 13.0 Å². The van der Waals surface area contributed by atoms with Gasteiger partial charge in [-0.2, -0.15) is 5.10 Å². The smallest absolute Gasteiger partial charge is 0.310 e. The number of esters is 1. The monoisotopic (exact) mass is 359 g/mol. The van der Waals surface area contributed by atoms with E-state index in [4.69, 9.17) is 4.74 Å². The molecule has 1 aliphatic heterocycles. The number of ether oxygens (including phenoxy) is 1. The van der Waals surface area contributed by atoms with Crippen LogP contribution in [0, 0.1) is 11.7 Å². The first kappa shape index (κ1) is 18.1. The standard InChI is InChI=1S/C19H22FN3O3/c1-3-26-19(25)14-5-4-10-23(12-14)18(24)17-11-16(21-22(17)2)13-6-8-15(20)9-7-13/h6-9,11,14H,3-5,10,12H2,1-2H3. The zero-order valence-electron chi connectivity index (χ0n) is 14.9. The summed E-state index contributed by atoms with van der Waals surface area (Å²) in [5.41, 5.74) is 1.78. The van der Waals surface area contributed by atoms with Crippen LogP contribution in [0.3, 0.4) is 0 Å². The summed E-state index contributed by atoms with van der Waals surface area (Å²) in [7, 11) is 1.70. The third-order valence-electron chi connectivity index (χ3n) is 4.57. The van der Waals surface area contributed by atoms with Gasteiger partial charge in [0.05, 0.1) is 18.2 Å². The maximum Gasteiger partial charge on any atom is 0.310 e. The van der Waals surface area contributed by atoms with Gasteiger partial charge in [0.25, 0.3) is 5.91 Å². The molecule has 26 heavy (non-hydrogen) atoms. The maximum absolute atomic E-state index is 13.1. The third kappa shape index (κ3) is 3.76. The second kappa shape index (κ2) is 7.68. The maximum atomic E-state index is 13.1. The highest BCUT2D eigenvalue weighted by molar-refractivity contribution is 5.94. The van der Waals surface area contributed by atoms with Crippen LogP contribution in [0.1, 0.15) is 30.3 Å². The summed E-state index contributed by atoms with van der Waals surface area (Å²) in [5, 5.41) is 4.37. The molecule has 0 saturated carbocycles. The lowest BCUT2D eigenvalue weighted by Gasteiger charge is -2.31. The van der Waals surface area contributed by atoms with Gasteiger partial charge in [-0.15, -0.1) is 0 Å². The number of benzene rings is 1. The van der Waals surface area contributed by atoms with E-state index in [0.29, 0.717) is 31.1 Å². The van der Waals surface area contributed by atoms with Gasteiger partial charge in [-0.05, 0) is 50.1 Å². The number of nitrogens with zero attached hydrogens (tertiary/aromatic N) is 3. The molecule has 1 amide bonds. The molecule has 1 saturated heterocycles. The summed E-state index contributed by atoms with van der Waals surface area (Å²) >= 11 is 0. The van der Waals surface area contributed by atoms with Crippen LogP contribution in [-0.2, 0) is 16.6 Å². The quantitative estimate of drug-likeness (QED) is 0.788. The van der Waals surface area contributed by atoms with Crippen LogP contribution in [-0.4, -0.2) is 46.3 Å². The van der Waals surface area contributed by atoms with Crippen LogP contribution in [0.5, 0.6) is 0 Å². The van der Waals surface area contributed by atoms with Crippen molar-refractivity contribution in [1.29, 1.82) is 0 Å². The second-order valence-corrected chi connectivity index (χ2v) is 6.39. The van der Waals surface area contributed by atoms with Crippen molar-refractivity contribution in [3.63, 3.8) is 0 Å². The van der Waals surface area contributed by atoms with Gasteiger partial charge < -0.3 is 9.64 Å². The molecule has 3 rings (SSSR count). The summed E-state index contributed by atoms with van der Waals surface area (Å²) in [6.45, 7) is 3.07. The van der Waals surface area contributed by atoms with Crippen molar-refractivity contribution in [1.82, 2.24) is 14.7 Å². The van der Waals surface area contributed by atoms with Crippen molar-refractivity contribution in [2.45, 2.75) is 19.8 Å². The Hall–Kier alpha value is -2.70. The molecule has 6 nitrogen and oxygen atoms in total. The van der Waals surface area contributed by atoms with Crippen molar-refractivity contribution >= 4 is 11.9 Å². The van der Waals surface area contributed by atoms with Crippen molar-refractivity contribution in [3.8, 4) is 11.3 Å². The minimum atomic E-state index is -0.320. The van der Waals surface area contributed by atoms with Crippen molar-refractivity contribution in [2.75, 3.05) is 19.7 Å². The van der Waals surface area contributed by atoms with E-state index in [1.54, 1.807) is 37.1 Å². The van der Waals surface area contributed by atoms with E-state index in [1.165, 1.54) is 16.8 Å². The predicted molar refractivity (Wildman–Crippen MR) is 93.9 cm³/mol. The molecule has 2 aromatic rings. The number of aromatic nitrogens is 2. The van der Waals surface area contributed by atoms with Gasteiger partial charge in [0, 0.05) is 25.7 Å². The summed E-state index contributed by atoms with van der Waals surface area (Å²) in [4.78, 5) is 26.6. The number of halogens is 1. The van der Waals surface area contributed by atoms with Crippen molar-refractivity contribution < 1.29 is 18.7 Å². The number of hydrogen-bond acceptors (Lipinski definition) is 4. The fraction of sp³-hybridized carbons (Fsp3) is 0.421. The van der Waals surface area contributed by atoms with Crippen LogP contribution < -0.4 is 0 Å². The second-order valence-electron chi connectivity index (χ2n) is 6.39. The van der Waals surface area contributed by atoms with Crippen molar-refractivity contribution in [3.05, 3.63) is 41.8 Å². The van der Waals surface area contributed by atoms with Crippen LogP contribution in [0.15, 0.2) is 30.3 Å². The van der Waals surface area contributed by atoms with Gasteiger partial charge >= 0.3 is 5.97 Å². The predicted octanol–water partition coefficient (Wildman–Crippen LogP) is 2.64. The van der Waals surface area contributed by atoms with Crippen LogP contribution in [0.2, 0.25) is 0 Å². The first-order chi connectivity index (χ1) is 12.5. The Morgan fingerprint density at radius 3 is 2.73 bits per heavy atom. The number of amides is 1. The molecule has 1 aromatic carbocycles. The number of carbonyl (C=O) groups excluding carboxylic acids is 2. The Bertz CT molecular complexity index is 801. The van der Waals surface area contributed by atoms with Gasteiger partial charge in [0.2, 0.25) is 0 Å². The molecular weight excluding hydrogens is 337 g/mol. The molecule has 0 spiro atoms. The average molecular weight is 359 g/mol. The largest absolute Gasteiger partial charge is 0.466 e. The first-order valence-corrected chi connectivity index (χ1v) is 8.75. The molecule has 1 unspecified atom stereocenters. The molecule has 1 aromatic heterocycles. The highest BCUT2D eigenvalue weighted by Gasteiger charge is 2.31. The molecule has 0 bridgehead atoms. The molecule has 7 heteroatoms. The minimum absolute atomic E-state index is 0.164. The van der Waals surface area contributed by atoms with Gasteiger partial charge in [-0.1, -0.05) is 0 Å². The van der Waals surface area contributed by atoms with Crippen LogP contribution in [0.25, 0.3) is 11.3 Å². The molecular formula is C19H22FN3O3. The first-order valence-electron chi connectivity index (χ1n) is 8.75. The highest BCUT2D eigenvalue weighted by atomic mass is 19.1. The number of aryl methyl sites for hydroxylation is 1. The topological polar surface area (TPSA) is 64.4 Å². The Morgan fingerprint density at radius 1 is 1.31 bits per heavy atom. The normalized spacial score (nSPS) is 17.2. The molecule has 138 valence electrons. The zero-order chi connectivity index (χ0) is 18.7. The number of hydrogen-bond donors (Lipinski definition) is 0. The number of rotatable bonds is 4. The summed E-state index contributed by atoms with van der Waals surface area (Å²) < 4.78 is 19.7. The lowest BCUT2D eigenvalue weighted by Crippen LogP contribution is -2.43. The fourth-order valence-corrected chi connectivity index (χ4v) is 3.21. The average Bonchev–Trinajstić information content (AvgIpc) is 3.03. The van der Waals surface area contributed by atoms with Crippen LogP contribution >= 0.6 is 0 Å². The Kier molecular flexibility index (Phi) is 5.35. The Balaban J connectivity index is 1.77. The van der Waals surface area contributed by atoms with E-state index in [2.05, 4.69) is 5.10 Å². The van der Waals surface area contributed by atoms with E-state index >= 15 is 0 Å². The SMILES string of the molecule is CCOC(=O)C1CCCN(C(=O)c2cc(-c3ccc(F)cc3)nn2C)C1. The van der Waals surface area contributed by atoms with E-state index in [9.17, 15) is 14.0 Å². The van der Waals surface area contributed by atoms with Gasteiger partial charge in [0.15, 0.2) is 0 Å². The Morgan fingerprint density at radius 2 is 2.04 bits per heavy atom. The van der Waals surface area contributed by atoms with E-state index in [0.717, 1.165) is 18.4 Å². The summed E-state index contributed by atoms with van der Waals surface area (Å²) in [6.07, 6.45) is 1.49. The van der Waals surface area contributed by atoms with Crippen LogP contribution in [0.4, 0.5) is 4.39 Å². The lowest BCUT2D eigenvalue weighted by molar-refractivity contribution is -0.149. The Labute approximate surface area is 151 Å². The lowest BCUT2D eigenvalue weighted by atomic mass is 9.98. The summed E-state index contributed by atoms with van der Waals surface area (Å²) in [6, 6.07) is 7.68. The molecule has 1 fully saturated rings. The zero-order valence-corrected chi connectivity index (χ0v) is 14.9. The number of carbonyl (C=O) groups is 2. The molecule has 1 aliphatic rings. The molecule has 1 atom stereocenters. The fourth-order valence-electron chi connectivity index (χ4n) is 3.21. The molecule has 0 aliphatic carbocycles. The van der Waals surface area contributed by atoms with Gasteiger partial charge in [-0.3, -0.25) is 14.3 Å². The third-order valence-corrected chi connectivity index (χ3v) is 4.57. The summed E-state index contributed by atoms with van der Waals surface area (Å²) in [5.74, 6) is -1.01. The number of piperidine rings is 1. The highest BCUT2D eigenvalue weighted by Crippen LogP contribution is 2.23. The molecule has 0 N–H and O–H groups in total. The van der Waals surface area contributed by atoms with E-state index in [1.807, 2.05) is 0 Å². The molecule has 2 heterocycles. The van der Waals surface area contributed by atoms with Gasteiger partial charge in [-0.25, -0.2) is 4.39 Å². The minimum Gasteiger partial charge on any atom is -0.466 e. The van der Waals surface area contributed by atoms with E-state index < -0.39 is 0 Å². The molecule has 0 radical (unpaired) electrons.